The standard InChI is InChI=1S/C16H25N3O2/c1-15(2,3)21-14(20)19-16(7-4-8-16)12-18-11-13-5-9-17-10-6-13/h5-6,9-10,18H,4,7-8,11-12H2,1-3H3,(H,19,20). The Morgan fingerprint density at radius 1 is 1.33 bits per heavy atom. The van der Waals surface area contributed by atoms with Crippen molar-refractivity contribution in [3.05, 3.63) is 30.1 Å². The van der Waals surface area contributed by atoms with Gasteiger partial charge in [0, 0.05) is 25.5 Å². The lowest BCUT2D eigenvalue weighted by atomic mass is 9.76. The van der Waals surface area contributed by atoms with Gasteiger partial charge >= 0.3 is 6.09 Å². The molecule has 21 heavy (non-hydrogen) atoms. The first-order valence-electron chi connectivity index (χ1n) is 7.49. The zero-order valence-electron chi connectivity index (χ0n) is 13.1. The zero-order valence-corrected chi connectivity index (χ0v) is 13.1. The number of nitrogens with one attached hydrogen (secondary N) is 2. The Bertz CT molecular complexity index is 464. The lowest BCUT2D eigenvalue weighted by molar-refractivity contribution is 0.0382. The summed E-state index contributed by atoms with van der Waals surface area (Å²) < 4.78 is 5.35. The SMILES string of the molecule is CC(C)(C)OC(=O)NC1(CNCc2ccncc2)CCC1. The van der Waals surface area contributed by atoms with Crippen LogP contribution < -0.4 is 10.6 Å². The second-order valence-electron chi connectivity index (χ2n) is 6.72. The molecule has 1 aromatic rings. The molecule has 0 unspecified atom stereocenters. The van der Waals surface area contributed by atoms with E-state index < -0.39 is 5.60 Å². The molecule has 0 aromatic carbocycles. The van der Waals surface area contributed by atoms with Crippen LogP contribution in [0.15, 0.2) is 24.5 Å². The highest BCUT2D eigenvalue weighted by molar-refractivity contribution is 5.69. The number of pyridine rings is 1. The van der Waals surface area contributed by atoms with E-state index in [2.05, 4.69) is 15.6 Å². The normalized spacial score (nSPS) is 16.9. The maximum atomic E-state index is 11.9. The minimum absolute atomic E-state index is 0.157. The molecule has 0 aliphatic heterocycles. The number of hydrogen-bond donors (Lipinski definition) is 2. The Morgan fingerprint density at radius 2 is 2.00 bits per heavy atom. The van der Waals surface area contributed by atoms with E-state index in [0.717, 1.165) is 32.4 Å². The van der Waals surface area contributed by atoms with Crippen molar-refractivity contribution in [2.45, 2.75) is 57.7 Å². The van der Waals surface area contributed by atoms with E-state index in [9.17, 15) is 4.79 Å². The number of aromatic nitrogens is 1. The molecule has 0 radical (unpaired) electrons. The number of carbonyl (C=O) groups is 1. The van der Waals surface area contributed by atoms with Crippen LogP contribution in [0.3, 0.4) is 0 Å². The molecular weight excluding hydrogens is 266 g/mol. The highest BCUT2D eigenvalue weighted by Gasteiger charge is 2.39. The molecule has 0 atom stereocenters. The molecule has 2 N–H and O–H groups in total. The van der Waals surface area contributed by atoms with E-state index in [1.54, 1.807) is 12.4 Å². The number of amides is 1. The van der Waals surface area contributed by atoms with Crippen LogP contribution in [-0.2, 0) is 11.3 Å². The van der Waals surface area contributed by atoms with E-state index in [-0.39, 0.29) is 11.6 Å². The first-order valence-corrected chi connectivity index (χ1v) is 7.49. The van der Waals surface area contributed by atoms with Crippen molar-refractivity contribution in [2.24, 2.45) is 0 Å². The first kappa shape index (κ1) is 15.8. The first-order chi connectivity index (χ1) is 9.89. The molecule has 0 bridgehead atoms. The third-order valence-electron chi connectivity index (χ3n) is 3.62. The van der Waals surface area contributed by atoms with E-state index in [0.29, 0.717) is 0 Å². The Kier molecular flexibility index (Phi) is 4.83. The van der Waals surface area contributed by atoms with Crippen molar-refractivity contribution in [3.8, 4) is 0 Å². The summed E-state index contributed by atoms with van der Waals surface area (Å²) in [5, 5.41) is 6.45. The van der Waals surface area contributed by atoms with Gasteiger partial charge < -0.3 is 15.4 Å². The van der Waals surface area contributed by atoms with Crippen LogP contribution in [-0.4, -0.2) is 28.8 Å². The van der Waals surface area contributed by atoms with Crippen LogP contribution >= 0.6 is 0 Å². The van der Waals surface area contributed by atoms with E-state index >= 15 is 0 Å². The smallest absolute Gasteiger partial charge is 0.408 e. The third kappa shape index (κ3) is 5.01. The van der Waals surface area contributed by atoms with Gasteiger partial charge in [-0.15, -0.1) is 0 Å². The number of hydrogen-bond acceptors (Lipinski definition) is 4. The van der Waals surface area contributed by atoms with Crippen molar-refractivity contribution in [1.82, 2.24) is 15.6 Å². The highest BCUT2D eigenvalue weighted by Crippen LogP contribution is 2.31. The lowest BCUT2D eigenvalue weighted by Gasteiger charge is -2.42. The van der Waals surface area contributed by atoms with Gasteiger partial charge in [0.2, 0.25) is 0 Å². The Labute approximate surface area is 126 Å². The Morgan fingerprint density at radius 3 is 2.52 bits per heavy atom. The highest BCUT2D eigenvalue weighted by atomic mass is 16.6. The van der Waals surface area contributed by atoms with Crippen LogP contribution in [0.1, 0.15) is 45.6 Å². The monoisotopic (exact) mass is 291 g/mol. The van der Waals surface area contributed by atoms with Gasteiger partial charge in [0.1, 0.15) is 5.60 Å². The minimum atomic E-state index is -0.459. The van der Waals surface area contributed by atoms with Gasteiger partial charge in [-0.1, -0.05) is 0 Å². The van der Waals surface area contributed by atoms with Gasteiger partial charge in [-0.3, -0.25) is 4.98 Å². The van der Waals surface area contributed by atoms with Crippen molar-refractivity contribution in [1.29, 1.82) is 0 Å². The van der Waals surface area contributed by atoms with Gasteiger partial charge in [0.05, 0.1) is 5.54 Å². The molecule has 116 valence electrons. The number of nitrogens with zero attached hydrogens (tertiary/aromatic N) is 1. The minimum Gasteiger partial charge on any atom is -0.444 e. The molecule has 5 nitrogen and oxygen atoms in total. The molecule has 1 amide bonds. The molecule has 2 rings (SSSR count). The van der Waals surface area contributed by atoms with Gasteiger partial charge in [-0.05, 0) is 57.7 Å². The summed E-state index contributed by atoms with van der Waals surface area (Å²) in [6, 6.07) is 3.98. The van der Waals surface area contributed by atoms with E-state index in [4.69, 9.17) is 4.74 Å². The fourth-order valence-electron chi connectivity index (χ4n) is 2.42. The number of ether oxygens (including phenoxy) is 1. The molecule has 1 aromatic heterocycles. The summed E-state index contributed by atoms with van der Waals surface area (Å²) in [4.78, 5) is 15.9. The van der Waals surface area contributed by atoms with Crippen molar-refractivity contribution in [2.75, 3.05) is 6.54 Å². The molecular formula is C16H25N3O2. The molecule has 0 spiro atoms. The average Bonchev–Trinajstić information content (AvgIpc) is 2.34. The molecule has 1 aliphatic carbocycles. The zero-order chi connectivity index (χ0) is 15.3. The summed E-state index contributed by atoms with van der Waals surface area (Å²) in [5.41, 5.74) is 0.575. The van der Waals surface area contributed by atoms with Gasteiger partial charge in [0.15, 0.2) is 0 Å². The predicted molar refractivity (Wildman–Crippen MR) is 81.9 cm³/mol. The molecule has 1 heterocycles. The van der Waals surface area contributed by atoms with Crippen LogP contribution in [0.2, 0.25) is 0 Å². The topological polar surface area (TPSA) is 63.2 Å². The molecule has 5 heteroatoms. The average molecular weight is 291 g/mol. The fourth-order valence-corrected chi connectivity index (χ4v) is 2.42. The van der Waals surface area contributed by atoms with Gasteiger partial charge in [0.25, 0.3) is 0 Å². The van der Waals surface area contributed by atoms with Crippen LogP contribution in [0.25, 0.3) is 0 Å². The fraction of sp³-hybridized carbons (Fsp3) is 0.625. The molecule has 1 aliphatic rings. The second kappa shape index (κ2) is 6.43. The van der Waals surface area contributed by atoms with Crippen LogP contribution in [0, 0.1) is 0 Å². The number of rotatable bonds is 5. The van der Waals surface area contributed by atoms with Crippen LogP contribution in [0.4, 0.5) is 4.79 Å². The van der Waals surface area contributed by atoms with Crippen molar-refractivity contribution < 1.29 is 9.53 Å². The summed E-state index contributed by atoms with van der Waals surface area (Å²) >= 11 is 0. The maximum Gasteiger partial charge on any atom is 0.408 e. The Hall–Kier alpha value is -1.62. The molecule has 1 fully saturated rings. The molecule has 1 saturated carbocycles. The van der Waals surface area contributed by atoms with Crippen molar-refractivity contribution >= 4 is 6.09 Å². The van der Waals surface area contributed by atoms with E-state index in [1.807, 2.05) is 32.9 Å². The largest absolute Gasteiger partial charge is 0.444 e. The van der Waals surface area contributed by atoms with Crippen LogP contribution in [0.5, 0.6) is 0 Å². The molecule has 0 saturated heterocycles. The van der Waals surface area contributed by atoms with Gasteiger partial charge in [-0.2, -0.15) is 0 Å². The quantitative estimate of drug-likeness (QED) is 0.875. The maximum absolute atomic E-state index is 11.9. The summed E-state index contributed by atoms with van der Waals surface area (Å²) in [6.07, 6.45) is 6.38. The third-order valence-corrected chi connectivity index (χ3v) is 3.62. The van der Waals surface area contributed by atoms with E-state index in [1.165, 1.54) is 5.56 Å². The summed E-state index contributed by atoms with van der Waals surface area (Å²) in [7, 11) is 0. The number of carbonyl (C=O) groups excluding carboxylic acids is 1. The number of alkyl carbamates (subject to hydrolysis) is 1. The second-order valence-corrected chi connectivity index (χ2v) is 6.72. The van der Waals surface area contributed by atoms with Crippen molar-refractivity contribution in [3.63, 3.8) is 0 Å². The summed E-state index contributed by atoms with van der Waals surface area (Å²) in [6.45, 7) is 7.17. The lowest BCUT2D eigenvalue weighted by Crippen LogP contribution is -2.59. The Balaban J connectivity index is 1.80. The summed E-state index contributed by atoms with van der Waals surface area (Å²) in [5.74, 6) is 0. The van der Waals surface area contributed by atoms with Gasteiger partial charge in [-0.25, -0.2) is 4.79 Å². The predicted octanol–water partition coefficient (Wildman–Crippen LogP) is 2.62.